The first-order chi connectivity index (χ1) is 12.1. The first-order valence-corrected chi connectivity index (χ1v) is 8.78. The van der Waals surface area contributed by atoms with E-state index in [1.54, 1.807) is 12.4 Å². The Balaban J connectivity index is 1.51. The summed E-state index contributed by atoms with van der Waals surface area (Å²) in [7, 11) is 1.88. The van der Waals surface area contributed by atoms with E-state index in [4.69, 9.17) is 4.74 Å². The number of benzene rings is 1. The molecule has 0 radical (unpaired) electrons. The largest absolute Gasteiger partial charge is 0.489 e. The molecule has 5 heteroatoms. The molecular weight excluding hydrogens is 314 g/mol. The van der Waals surface area contributed by atoms with E-state index in [1.165, 1.54) is 6.42 Å². The van der Waals surface area contributed by atoms with Crippen LogP contribution in [0.2, 0.25) is 0 Å². The van der Waals surface area contributed by atoms with E-state index in [0.29, 0.717) is 12.6 Å². The number of amides is 2. The number of urea groups is 1. The van der Waals surface area contributed by atoms with Crippen molar-refractivity contribution in [2.24, 2.45) is 0 Å². The summed E-state index contributed by atoms with van der Waals surface area (Å²) in [6.07, 6.45) is 6.99. The van der Waals surface area contributed by atoms with Crippen molar-refractivity contribution < 1.29 is 9.53 Å². The second-order valence-electron chi connectivity index (χ2n) is 6.59. The van der Waals surface area contributed by atoms with E-state index in [0.717, 1.165) is 29.7 Å². The van der Waals surface area contributed by atoms with E-state index in [2.05, 4.69) is 10.3 Å². The van der Waals surface area contributed by atoms with Gasteiger partial charge in [0.1, 0.15) is 12.4 Å². The van der Waals surface area contributed by atoms with Crippen LogP contribution in [-0.2, 0) is 6.61 Å². The van der Waals surface area contributed by atoms with Crippen molar-refractivity contribution in [3.05, 3.63) is 59.9 Å². The van der Waals surface area contributed by atoms with Crippen LogP contribution in [0.1, 0.15) is 43.4 Å². The molecule has 0 unspecified atom stereocenters. The Morgan fingerprint density at radius 2 is 2.08 bits per heavy atom. The first-order valence-electron chi connectivity index (χ1n) is 8.78. The molecule has 1 aromatic heterocycles. The third-order valence-electron chi connectivity index (χ3n) is 4.79. The monoisotopic (exact) mass is 339 g/mol. The van der Waals surface area contributed by atoms with Crippen molar-refractivity contribution in [3.8, 4) is 5.75 Å². The molecule has 1 aromatic carbocycles. The Bertz CT molecular complexity index is 684. The molecular formula is C20H25N3O2. The molecule has 1 N–H and O–H groups in total. The highest BCUT2D eigenvalue weighted by Gasteiger charge is 2.26. The van der Waals surface area contributed by atoms with Gasteiger partial charge in [0.05, 0.1) is 6.04 Å². The minimum absolute atomic E-state index is 0.00546. The lowest BCUT2D eigenvalue weighted by Gasteiger charge is -2.35. The van der Waals surface area contributed by atoms with Gasteiger partial charge in [0.25, 0.3) is 0 Å². The lowest BCUT2D eigenvalue weighted by Crippen LogP contribution is -2.47. The lowest BCUT2D eigenvalue weighted by atomic mass is 9.92. The maximum absolute atomic E-state index is 12.3. The third-order valence-corrected chi connectivity index (χ3v) is 4.79. The normalized spacial score (nSPS) is 15.1. The van der Waals surface area contributed by atoms with Gasteiger partial charge in [0.15, 0.2) is 0 Å². The van der Waals surface area contributed by atoms with Crippen molar-refractivity contribution in [1.29, 1.82) is 0 Å². The summed E-state index contributed by atoms with van der Waals surface area (Å²) in [5, 5.41) is 3.06. The van der Waals surface area contributed by atoms with Crippen LogP contribution in [0.3, 0.4) is 0 Å². The van der Waals surface area contributed by atoms with Gasteiger partial charge in [-0.25, -0.2) is 4.79 Å². The Labute approximate surface area is 149 Å². The van der Waals surface area contributed by atoms with Crippen molar-refractivity contribution >= 4 is 6.03 Å². The Morgan fingerprint density at radius 1 is 1.32 bits per heavy atom. The number of hydrogen-bond donors (Lipinski definition) is 1. The molecule has 1 fully saturated rings. The fourth-order valence-corrected chi connectivity index (χ4v) is 2.81. The van der Waals surface area contributed by atoms with E-state index in [9.17, 15) is 4.79 Å². The third kappa shape index (κ3) is 4.50. The number of hydrogen-bond acceptors (Lipinski definition) is 3. The molecule has 0 saturated heterocycles. The van der Waals surface area contributed by atoms with Crippen LogP contribution in [0, 0.1) is 0 Å². The smallest absolute Gasteiger partial charge is 0.317 e. The predicted octanol–water partition coefficient (Wildman–Crippen LogP) is 3.92. The van der Waals surface area contributed by atoms with Gasteiger partial charge in [-0.05, 0) is 49.9 Å². The number of aromatic nitrogens is 1. The number of nitrogens with one attached hydrogen (secondary N) is 1. The zero-order valence-corrected chi connectivity index (χ0v) is 14.8. The summed E-state index contributed by atoms with van der Waals surface area (Å²) in [5.41, 5.74) is 2.09. The van der Waals surface area contributed by atoms with Crippen molar-refractivity contribution in [1.82, 2.24) is 15.2 Å². The minimum Gasteiger partial charge on any atom is -0.489 e. The number of pyridine rings is 1. The first kappa shape index (κ1) is 17.3. The summed E-state index contributed by atoms with van der Waals surface area (Å²) >= 11 is 0. The van der Waals surface area contributed by atoms with Crippen LogP contribution in [0.5, 0.6) is 5.75 Å². The molecule has 25 heavy (non-hydrogen) atoms. The van der Waals surface area contributed by atoms with Crippen LogP contribution in [0.15, 0.2) is 48.8 Å². The summed E-state index contributed by atoms with van der Waals surface area (Å²) in [4.78, 5) is 18.2. The highest BCUT2D eigenvalue weighted by molar-refractivity contribution is 5.74. The van der Waals surface area contributed by atoms with Gasteiger partial charge in [0, 0.05) is 31.0 Å². The number of rotatable bonds is 6. The average molecular weight is 339 g/mol. The summed E-state index contributed by atoms with van der Waals surface area (Å²) in [6, 6.07) is 12.1. The molecule has 2 aromatic rings. The van der Waals surface area contributed by atoms with Crippen molar-refractivity contribution in [2.45, 2.75) is 44.9 Å². The van der Waals surface area contributed by atoms with Crippen LogP contribution in [0.25, 0.3) is 0 Å². The molecule has 0 spiro atoms. The quantitative estimate of drug-likeness (QED) is 0.868. The SMILES string of the molecule is C[C@@H](NC(=O)N(C)C1CCC1)c1ccc(OCc2cccnc2)cc1. The fraction of sp³-hybridized carbons (Fsp3) is 0.400. The molecule has 3 rings (SSSR count). The minimum atomic E-state index is -0.0394. The molecule has 1 atom stereocenters. The van der Waals surface area contributed by atoms with Gasteiger partial charge in [-0.15, -0.1) is 0 Å². The number of carbonyl (C=O) groups excluding carboxylic acids is 1. The maximum atomic E-state index is 12.3. The summed E-state index contributed by atoms with van der Waals surface area (Å²) in [5.74, 6) is 0.803. The van der Waals surface area contributed by atoms with Crippen LogP contribution in [-0.4, -0.2) is 29.0 Å². The zero-order chi connectivity index (χ0) is 17.6. The average Bonchev–Trinajstić information content (AvgIpc) is 2.59. The second kappa shape index (κ2) is 8.01. The maximum Gasteiger partial charge on any atom is 0.317 e. The van der Waals surface area contributed by atoms with Crippen molar-refractivity contribution in [2.75, 3.05) is 7.05 Å². The van der Waals surface area contributed by atoms with Crippen LogP contribution in [0.4, 0.5) is 4.79 Å². The van der Waals surface area contributed by atoms with Crippen molar-refractivity contribution in [3.63, 3.8) is 0 Å². The molecule has 1 heterocycles. The van der Waals surface area contributed by atoms with E-state index in [1.807, 2.05) is 55.3 Å². The molecule has 2 amide bonds. The van der Waals surface area contributed by atoms with Crippen LogP contribution < -0.4 is 10.1 Å². The molecule has 132 valence electrons. The molecule has 1 saturated carbocycles. The molecule has 1 aliphatic rings. The van der Waals surface area contributed by atoms with Gasteiger partial charge in [-0.3, -0.25) is 4.98 Å². The van der Waals surface area contributed by atoms with Crippen LogP contribution >= 0.6 is 0 Å². The van der Waals surface area contributed by atoms with Gasteiger partial charge < -0.3 is 15.0 Å². The standard InChI is InChI=1S/C20H25N3O2/c1-15(22-20(24)23(2)18-6-3-7-18)17-8-10-19(11-9-17)25-14-16-5-4-12-21-13-16/h4-5,8-13,15,18H,3,6-7,14H2,1-2H3,(H,22,24)/t15-/m1/s1. The topological polar surface area (TPSA) is 54.5 Å². The highest BCUT2D eigenvalue weighted by atomic mass is 16.5. The zero-order valence-electron chi connectivity index (χ0n) is 14.8. The Morgan fingerprint density at radius 3 is 2.68 bits per heavy atom. The molecule has 0 aliphatic heterocycles. The van der Waals surface area contributed by atoms with E-state index >= 15 is 0 Å². The number of carbonyl (C=O) groups is 1. The van der Waals surface area contributed by atoms with E-state index in [-0.39, 0.29) is 12.1 Å². The van der Waals surface area contributed by atoms with Gasteiger partial charge in [-0.1, -0.05) is 18.2 Å². The van der Waals surface area contributed by atoms with Gasteiger partial charge in [0.2, 0.25) is 0 Å². The Kier molecular flexibility index (Phi) is 5.53. The number of ether oxygens (including phenoxy) is 1. The highest BCUT2D eigenvalue weighted by Crippen LogP contribution is 2.24. The van der Waals surface area contributed by atoms with Gasteiger partial charge in [-0.2, -0.15) is 0 Å². The molecule has 5 nitrogen and oxygen atoms in total. The summed E-state index contributed by atoms with van der Waals surface area (Å²) < 4.78 is 5.76. The molecule has 1 aliphatic carbocycles. The van der Waals surface area contributed by atoms with Gasteiger partial charge >= 0.3 is 6.03 Å². The Hall–Kier alpha value is -2.56. The fourth-order valence-electron chi connectivity index (χ4n) is 2.81. The number of nitrogens with zero attached hydrogens (tertiary/aromatic N) is 2. The molecule has 0 bridgehead atoms. The lowest BCUT2D eigenvalue weighted by molar-refractivity contribution is 0.155. The second-order valence-corrected chi connectivity index (χ2v) is 6.59. The predicted molar refractivity (Wildman–Crippen MR) is 97.4 cm³/mol. The summed E-state index contributed by atoms with van der Waals surface area (Å²) in [6.45, 7) is 2.49. The van der Waals surface area contributed by atoms with E-state index < -0.39 is 0 Å².